The van der Waals surface area contributed by atoms with Crippen molar-refractivity contribution in [3.63, 3.8) is 0 Å². The highest BCUT2D eigenvalue weighted by molar-refractivity contribution is 7.80. The first kappa shape index (κ1) is 39.6. The van der Waals surface area contributed by atoms with Crippen LogP contribution in [0.2, 0.25) is 0 Å². The Kier molecular flexibility index (Phi) is 11.0. The van der Waals surface area contributed by atoms with Crippen molar-refractivity contribution < 1.29 is 9.47 Å². The maximum absolute atomic E-state index is 5.66. The Bertz CT molecular complexity index is 2580. The summed E-state index contributed by atoms with van der Waals surface area (Å²) in [5.74, 6) is 1.70. The molecule has 0 aliphatic carbocycles. The van der Waals surface area contributed by atoms with Gasteiger partial charge >= 0.3 is 0 Å². The zero-order valence-corrected chi connectivity index (χ0v) is 36.7. The van der Waals surface area contributed by atoms with Crippen molar-refractivity contribution in [3.05, 3.63) is 181 Å². The zero-order chi connectivity index (χ0) is 40.6. The van der Waals surface area contributed by atoms with E-state index in [1.165, 1.54) is 75.6 Å². The van der Waals surface area contributed by atoms with Gasteiger partial charge in [0.15, 0.2) is 0 Å². The molecule has 2 nitrogen and oxygen atoms in total. The highest BCUT2D eigenvalue weighted by Gasteiger charge is 2.29. The molecule has 0 saturated heterocycles. The van der Waals surface area contributed by atoms with Gasteiger partial charge in [0, 0.05) is 0 Å². The Morgan fingerprint density at radius 3 is 0.966 bits per heavy atom. The molecule has 8 rings (SSSR count). The standard InChI is InChI=1S/C54H52O2P2/c1-53(2,3)39-19-27-43(28-20-39)57(44-29-21-40(22-30-44)54(4,5)6)49-35-17-37-13-9-11-15-47(37)51(49)52-48-16-12-10-14-38(48)18-36-50(52)58(45-31-23-41(55-7)24-32-45)46-33-25-42(56-8)26-34-46/h9-36H,1-8H3. The van der Waals surface area contributed by atoms with E-state index in [0.717, 1.165) is 11.5 Å². The Balaban J connectivity index is 1.48. The Labute approximate surface area is 347 Å². The fourth-order valence-electron chi connectivity index (χ4n) is 7.96. The molecule has 0 amide bonds. The smallest absolute Gasteiger partial charge is 0.118 e. The summed E-state index contributed by atoms with van der Waals surface area (Å²) in [6.07, 6.45) is 0. The van der Waals surface area contributed by atoms with Crippen molar-refractivity contribution in [2.75, 3.05) is 14.2 Å². The van der Waals surface area contributed by atoms with E-state index in [0.29, 0.717) is 0 Å². The van der Waals surface area contributed by atoms with Crippen LogP contribution in [0, 0.1) is 0 Å². The van der Waals surface area contributed by atoms with Crippen LogP contribution in [0.1, 0.15) is 52.7 Å². The van der Waals surface area contributed by atoms with Crippen molar-refractivity contribution in [2.24, 2.45) is 0 Å². The third-order valence-corrected chi connectivity index (χ3v) is 16.2. The molecule has 58 heavy (non-hydrogen) atoms. The van der Waals surface area contributed by atoms with Gasteiger partial charge in [-0.2, -0.15) is 0 Å². The van der Waals surface area contributed by atoms with Crippen LogP contribution in [0.25, 0.3) is 32.7 Å². The summed E-state index contributed by atoms with van der Waals surface area (Å²) in [5.41, 5.74) is 5.41. The number of hydrogen-bond donors (Lipinski definition) is 0. The molecule has 8 aromatic rings. The van der Waals surface area contributed by atoms with Crippen LogP contribution in [0.3, 0.4) is 0 Å². The van der Waals surface area contributed by atoms with E-state index < -0.39 is 15.8 Å². The van der Waals surface area contributed by atoms with Crippen LogP contribution < -0.4 is 41.3 Å². The van der Waals surface area contributed by atoms with Crippen LogP contribution >= 0.6 is 15.8 Å². The lowest BCUT2D eigenvalue weighted by Crippen LogP contribution is -2.26. The minimum Gasteiger partial charge on any atom is -0.497 e. The molecular weight excluding hydrogens is 743 g/mol. The molecule has 0 aliphatic rings. The van der Waals surface area contributed by atoms with Gasteiger partial charge in [0.05, 0.1) is 14.2 Å². The van der Waals surface area contributed by atoms with E-state index in [4.69, 9.17) is 9.47 Å². The summed E-state index contributed by atoms with van der Waals surface area (Å²) in [6, 6.07) is 63.8. The highest BCUT2D eigenvalue weighted by Crippen LogP contribution is 2.46. The number of benzene rings is 8. The molecule has 0 radical (unpaired) electrons. The molecule has 0 spiro atoms. The average molecular weight is 795 g/mol. The zero-order valence-electron chi connectivity index (χ0n) is 34.9. The molecule has 0 saturated carbocycles. The highest BCUT2D eigenvalue weighted by atomic mass is 31.1. The summed E-state index contributed by atoms with van der Waals surface area (Å²) in [7, 11) is 1.44. The number of methoxy groups -OCH3 is 2. The van der Waals surface area contributed by atoms with Crippen molar-refractivity contribution in [2.45, 2.75) is 52.4 Å². The maximum Gasteiger partial charge on any atom is 0.118 e. The van der Waals surface area contributed by atoms with Gasteiger partial charge in [-0.25, -0.2) is 0 Å². The van der Waals surface area contributed by atoms with Crippen LogP contribution in [0.5, 0.6) is 11.5 Å². The van der Waals surface area contributed by atoms with Crippen molar-refractivity contribution in [1.29, 1.82) is 0 Å². The largest absolute Gasteiger partial charge is 0.497 e. The van der Waals surface area contributed by atoms with E-state index in [1.54, 1.807) is 14.2 Å². The Morgan fingerprint density at radius 1 is 0.345 bits per heavy atom. The first-order valence-electron chi connectivity index (χ1n) is 20.1. The molecule has 0 bridgehead atoms. The monoisotopic (exact) mass is 794 g/mol. The molecule has 0 heterocycles. The summed E-state index contributed by atoms with van der Waals surface area (Å²) in [6.45, 7) is 13.8. The molecule has 0 atom stereocenters. The van der Waals surface area contributed by atoms with E-state index in [-0.39, 0.29) is 10.8 Å². The third-order valence-electron chi connectivity index (χ3n) is 11.2. The predicted octanol–water partition coefficient (Wildman–Crippen LogP) is 11.8. The van der Waals surface area contributed by atoms with Crippen LogP contribution in [0.4, 0.5) is 0 Å². The van der Waals surface area contributed by atoms with Gasteiger partial charge in [-0.1, -0.05) is 187 Å². The molecule has 8 aromatic carbocycles. The van der Waals surface area contributed by atoms with Gasteiger partial charge in [0.2, 0.25) is 0 Å². The van der Waals surface area contributed by atoms with Crippen LogP contribution in [-0.2, 0) is 10.8 Å². The van der Waals surface area contributed by atoms with Crippen molar-refractivity contribution in [1.82, 2.24) is 0 Å². The predicted molar refractivity (Wildman–Crippen MR) is 255 cm³/mol. The molecule has 0 N–H and O–H groups in total. The minimum absolute atomic E-state index is 0.0572. The van der Waals surface area contributed by atoms with Gasteiger partial charge in [-0.15, -0.1) is 0 Å². The molecule has 0 fully saturated rings. The fraction of sp³-hybridized carbons (Fsp3) is 0.185. The molecule has 290 valence electrons. The maximum atomic E-state index is 5.66. The number of ether oxygens (including phenoxy) is 2. The summed E-state index contributed by atoms with van der Waals surface area (Å²) < 4.78 is 11.3. The van der Waals surface area contributed by atoms with Crippen molar-refractivity contribution >= 4 is 69.2 Å². The van der Waals surface area contributed by atoms with Gasteiger partial charge in [0.1, 0.15) is 11.5 Å². The summed E-state index contributed by atoms with van der Waals surface area (Å²) >= 11 is 0. The number of rotatable bonds is 9. The molecule has 4 heteroatoms. The van der Waals surface area contributed by atoms with Gasteiger partial charge in [-0.05, 0) is 127 Å². The van der Waals surface area contributed by atoms with E-state index in [2.05, 4.69) is 211 Å². The van der Waals surface area contributed by atoms with Gasteiger partial charge in [0.25, 0.3) is 0 Å². The van der Waals surface area contributed by atoms with Crippen LogP contribution in [-0.4, -0.2) is 14.2 Å². The SMILES string of the molecule is COc1ccc(P(c2ccc(OC)cc2)c2ccc3ccccc3c2-c2c(P(c3ccc(C(C)(C)C)cc3)c3ccc(C(C)(C)C)cc3)ccc3ccccc23)cc1. The molecule has 0 aromatic heterocycles. The van der Waals surface area contributed by atoms with E-state index in [1.807, 2.05) is 0 Å². The van der Waals surface area contributed by atoms with Crippen molar-refractivity contribution in [3.8, 4) is 22.6 Å². The topological polar surface area (TPSA) is 18.5 Å². The van der Waals surface area contributed by atoms with Gasteiger partial charge < -0.3 is 9.47 Å². The van der Waals surface area contributed by atoms with Crippen LogP contribution in [0.15, 0.2) is 170 Å². The lowest BCUT2D eigenvalue weighted by Gasteiger charge is -2.29. The first-order valence-corrected chi connectivity index (χ1v) is 22.8. The Morgan fingerprint density at radius 2 is 0.655 bits per heavy atom. The normalized spacial score (nSPS) is 12.1. The summed E-state index contributed by atoms with van der Waals surface area (Å²) in [5, 5.41) is 12.9. The molecule has 0 aliphatic heterocycles. The van der Waals surface area contributed by atoms with E-state index >= 15 is 0 Å². The second-order valence-corrected chi connectivity index (χ2v) is 21.4. The molecular formula is C54H52O2P2. The van der Waals surface area contributed by atoms with Gasteiger partial charge in [-0.3, -0.25) is 0 Å². The quantitative estimate of drug-likeness (QED) is 0.136. The number of fused-ring (bicyclic) bond motifs is 2. The third kappa shape index (κ3) is 7.82. The Hall–Kier alpha value is -5.26. The lowest BCUT2D eigenvalue weighted by atomic mass is 9.87. The lowest BCUT2D eigenvalue weighted by molar-refractivity contribution is 0.415. The molecule has 0 unspecified atom stereocenters. The second kappa shape index (κ2) is 16.2. The minimum atomic E-state index is -1.03. The first-order chi connectivity index (χ1) is 27.9. The second-order valence-electron chi connectivity index (χ2n) is 17.0. The number of hydrogen-bond acceptors (Lipinski definition) is 2. The summed E-state index contributed by atoms with van der Waals surface area (Å²) in [4.78, 5) is 0. The average Bonchev–Trinajstić information content (AvgIpc) is 3.24. The van der Waals surface area contributed by atoms with E-state index in [9.17, 15) is 0 Å². The fourth-order valence-corrected chi connectivity index (χ4v) is 12.8.